The van der Waals surface area contributed by atoms with Gasteiger partial charge in [0.05, 0.1) is 0 Å². The van der Waals surface area contributed by atoms with Crippen molar-refractivity contribution in [2.24, 2.45) is 0 Å². The number of aryl methyl sites for hydroxylation is 1. The summed E-state index contributed by atoms with van der Waals surface area (Å²) in [4.78, 5) is 10.6. The van der Waals surface area contributed by atoms with Gasteiger partial charge in [-0.3, -0.25) is 4.79 Å². The van der Waals surface area contributed by atoms with Gasteiger partial charge in [-0.15, -0.1) is 0 Å². The molecule has 1 aromatic rings. The third-order valence-electron chi connectivity index (χ3n) is 2.49. The van der Waals surface area contributed by atoms with E-state index in [-0.39, 0.29) is 12.4 Å². The third kappa shape index (κ3) is 6.17. The lowest BCUT2D eigenvalue weighted by atomic mass is 10.1. The molecule has 0 saturated carbocycles. The van der Waals surface area contributed by atoms with E-state index < -0.39 is 6.67 Å². The first-order chi connectivity index (χ1) is 8.22. The van der Waals surface area contributed by atoms with Crippen LogP contribution in [0.5, 0.6) is 0 Å². The number of unbranched alkanes of at least 4 members (excludes halogenated alkanes) is 1. The Bertz CT molecular complexity index is 333. The van der Waals surface area contributed by atoms with Crippen molar-refractivity contribution in [2.75, 3.05) is 13.2 Å². The Hall–Kier alpha value is -1.22. The molecule has 2 nitrogen and oxygen atoms in total. The van der Waals surface area contributed by atoms with E-state index >= 15 is 0 Å². The molecular weight excluding hydrogens is 219 g/mol. The van der Waals surface area contributed by atoms with Crippen molar-refractivity contribution >= 4 is 5.78 Å². The molecule has 0 unspecified atom stereocenters. The molecular formula is C14H19FO2. The van der Waals surface area contributed by atoms with Gasteiger partial charge in [0.2, 0.25) is 0 Å². The summed E-state index contributed by atoms with van der Waals surface area (Å²) in [6.45, 7) is 1.96. The second-order valence-electron chi connectivity index (χ2n) is 4.16. The largest absolute Gasteiger partial charge is 0.374 e. The molecule has 0 radical (unpaired) electrons. The van der Waals surface area contributed by atoms with Crippen LogP contribution in [0.15, 0.2) is 24.3 Å². The first kappa shape index (κ1) is 13.8. The number of halogens is 1. The molecule has 0 saturated heterocycles. The second-order valence-corrected chi connectivity index (χ2v) is 4.16. The van der Waals surface area contributed by atoms with Crippen molar-refractivity contribution < 1.29 is 13.9 Å². The van der Waals surface area contributed by atoms with Crippen molar-refractivity contribution in [3.63, 3.8) is 0 Å². The molecule has 0 amide bonds. The Labute approximate surface area is 102 Å². The number of carbonyl (C=O) groups is 1. The van der Waals surface area contributed by atoms with Crippen molar-refractivity contribution in [3.8, 4) is 0 Å². The molecule has 0 heterocycles. The summed E-state index contributed by atoms with van der Waals surface area (Å²) in [5, 5.41) is 0. The van der Waals surface area contributed by atoms with Crippen LogP contribution >= 0.6 is 0 Å². The maximum atomic E-state index is 12.3. The Kier molecular flexibility index (Phi) is 6.48. The van der Waals surface area contributed by atoms with Crippen LogP contribution in [0.1, 0.15) is 30.9 Å². The molecule has 0 atom stereocenters. The van der Waals surface area contributed by atoms with Crippen molar-refractivity contribution in [3.05, 3.63) is 35.4 Å². The van der Waals surface area contributed by atoms with Gasteiger partial charge in [-0.05, 0) is 37.3 Å². The van der Waals surface area contributed by atoms with E-state index in [1.807, 2.05) is 24.3 Å². The molecule has 0 fully saturated rings. The molecule has 0 aliphatic heterocycles. The predicted molar refractivity (Wildman–Crippen MR) is 65.7 cm³/mol. The standard InChI is InChI=1S/C14H19FO2/c1-12(16)11-17-9-3-2-4-13-5-7-14(10-15)8-6-13/h5-8H,2-4,9-11H2,1H3. The first-order valence-electron chi connectivity index (χ1n) is 5.93. The second kappa shape index (κ2) is 7.96. The van der Waals surface area contributed by atoms with Crippen LogP contribution in [0.25, 0.3) is 0 Å². The number of hydrogen-bond donors (Lipinski definition) is 0. The van der Waals surface area contributed by atoms with Gasteiger partial charge in [-0.25, -0.2) is 4.39 Å². The van der Waals surface area contributed by atoms with Crippen LogP contribution in [0.2, 0.25) is 0 Å². The average molecular weight is 238 g/mol. The maximum Gasteiger partial charge on any atom is 0.155 e. The third-order valence-corrected chi connectivity index (χ3v) is 2.49. The van der Waals surface area contributed by atoms with E-state index in [1.54, 1.807) is 0 Å². The number of ether oxygens (including phenoxy) is 1. The van der Waals surface area contributed by atoms with Gasteiger partial charge in [0, 0.05) is 6.61 Å². The number of rotatable bonds is 8. The van der Waals surface area contributed by atoms with Gasteiger partial charge >= 0.3 is 0 Å². The highest BCUT2D eigenvalue weighted by Crippen LogP contribution is 2.08. The lowest BCUT2D eigenvalue weighted by molar-refractivity contribution is -0.121. The fraction of sp³-hybridized carbons (Fsp3) is 0.500. The topological polar surface area (TPSA) is 26.3 Å². The van der Waals surface area contributed by atoms with Crippen molar-refractivity contribution in [2.45, 2.75) is 32.9 Å². The molecule has 0 aliphatic rings. The zero-order valence-electron chi connectivity index (χ0n) is 10.2. The van der Waals surface area contributed by atoms with Gasteiger partial charge in [0.15, 0.2) is 5.78 Å². The van der Waals surface area contributed by atoms with E-state index in [4.69, 9.17) is 4.74 Å². The average Bonchev–Trinajstić information content (AvgIpc) is 2.34. The molecule has 0 bridgehead atoms. The summed E-state index contributed by atoms with van der Waals surface area (Å²) in [6.07, 6.45) is 2.93. The lowest BCUT2D eigenvalue weighted by Gasteiger charge is -2.03. The molecule has 1 aromatic carbocycles. The van der Waals surface area contributed by atoms with E-state index in [0.717, 1.165) is 24.8 Å². The summed E-state index contributed by atoms with van der Waals surface area (Å²) in [5.74, 6) is 0.0619. The number of benzene rings is 1. The normalized spacial score (nSPS) is 10.5. The summed E-state index contributed by atoms with van der Waals surface area (Å²) < 4.78 is 17.4. The molecule has 1 rings (SSSR count). The van der Waals surface area contributed by atoms with Gasteiger partial charge in [-0.2, -0.15) is 0 Å². The van der Waals surface area contributed by atoms with Crippen LogP contribution in [0, 0.1) is 0 Å². The van der Waals surface area contributed by atoms with E-state index in [2.05, 4.69) is 0 Å². The highest BCUT2D eigenvalue weighted by molar-refractivity contribution is 5.76. The van der Waals surface area contributed by atoms with Gasteiger partial charge < -0.3 is 4.74 Å². The fourth-order valence-electron chi connectivity index (χ4n) is 1.54. The van der Waals surface area contributed by atoms with E-state index in [0.29, 0.717) is 6.61 Å². The number of alkyl halides is 1. The molecule has 3 heteroatoms. The first-order valence-corrected chi connectivity index (χ1v) is 5.93. The molecule has 0 spiro atoms. The minimum Gasteiger partial charge on any atom is -0.374 e. The van der Waals surface area contributed by atoms with E-state index in [1.165, 1.54) is 12.5 Å². The molecule has 0 aliphatic carbocycles. The van der Waals surface area contributed by atoms with E-state index in [9.17, 15) is 9.18 Å². The number of hydrogen-bond acceptors (Lipinski definition) is 2. The molecule has 17 heavy (non-hydrogen) atoms. The summed E-state index contributed by atoms with van der Waals surface area (Å²) in [7, 11) is 0. The zero-order chi connectivity index (χ0) is 12.5. The van der Waals surface area contributed by atoms with Gasteiger partial charge in [0.1, 0.15) is 13.3 Å². The fourth-order valence-corrected chi connectivity index (χ4v) is 1.54. The van der Waals surface area contributed by atoms with Crippen LogP contribution < -0.4 is 0 Å². The SMILES string of the molecule is CC(=O)COCCCCc1ccc(CF)cc1. The number of ketones is 1. The van der Waals surface area contributed by atoms with Crippen LogP contribution in [0.3, 0.4) is 0 Å². The van der Waals surface area contributed by atoms with Crippen molar-refractivity contribution in [1.82, 2.24) is 0 Å². The zero-order valence-corrected chi connectivity index (χ0v) is 10.2. The summed E-state index contributed by atoms with van der Waals surface area (Å²) >= 11 is 0. The minimum absolute atomic E-state index is 0.0619. The highest BCUT2D eigenvalue weighted by Gasteiger charge is 1.96. The summed E-state index contributed by atoms with van der Waals surface area (Å²) in [6, 6.07) is 7.57. The minimum atomic E-state index is -0.404. The molecule has 0 aromatic heterocycles. The van der Waals surface area contributed by atoms with Crippen LogP contribution in [-0.2, 0) is 22.6 Å². The van der Waals surface area contributed by atoms with Crippen LogP contribution in [0.4, 0.5) is 4.39 Å². The van der Waals surface area contributed by atoms with Crippen molar-refractivity contribution in [1.29, 1.82) is 0 Å². The molecule has 0 N–H and O–H groups in total. The predicted octanol–water partition coefficient (Wildman–Crippen LogP) is 3.08. The number of Topliss-reactive ketones (excluding diaryl/α,β-unsaturated/α-hetero) is 1. The smallest absolute Gasteiger partial charge is 0.155 e. The quantitative estimate of drug-likeness (QED) is 0.650. The highest BCUT2D eigenvalue weighted by atomic mass is 19.1. The lowest BCUT2D eigenvalue weighted by Crippen LogP contribution is -2.05. The molecule has 94 valence electrons. The van der Waals surface area contributed by atoms with Gasteiger partial charge in [-0.1, -0.05) is 24.3 Å². The number of carbonyl (C=O) groups excluding carboxylic acids is 1. The Morgan fingerprint density at radius 3 is 2.41 bits per heavy atom. The van der Waals surface area contributed by atoms with Gasteiger partial charge in [0.25, 0.3) is 0 Å². The Morgan fingerprint density at radius 2 is 1.82 bits per heavy atom. The summed E-state index contributed by atoms with van der Waals surface area (Å²) in [5.41, 5.74) is 1.94. The van der Waals surface area contributed by atoms with Crippen LogP contribution in [-0.4, -0.2) is 19.0 Å². The maximum absolute atomic E-state index is 12.3. The Balaban J connectivity index is 2.11. The Morgan fingerprint density at radius 1 is 1.18 bits per heavy atom. The monoisotopic (exact) mass is 238 g/mol.